The zero-order valence-corrected chi connectivity index (χ0v) is 15.9. The number of hydrogen-bond acceptors (Lipinski definition) is 3. The van der Waals surface area contributed by atoms with Gasteiger partial charge in [0.1, 0.15) is 0 Å². The van der Waals surface area contributed by atoms with Gasteiger partial charge in [-0.1, -0.05) is 72.8 Å². The van der Waals surface area contributed by atoms with Gasteiger partial charge >= 0.3 is 12.1 Å². The van der Waals surface area contributed by atoms with Gasteiger partial charge in [0, 0.05) is 24.3 Å². The molecule has 0 radical (unpaired) electrons. The molecule has 0 aliphatic carbocycles. The lowest BCUT2D eigenvalue weighted by Gasteiger charge is -2.28. The van der Waals surface area contributed by atoms with Crippen LogP contribution in [0, 0.1) is 0 Å². The molecule has 3 rings (SSSR count). The summed E-state index contributed by atoms with van der Waals surface area (Å²) in [5, 5.41) is 18.9. The van der Waals surface area contributed by atoms with E-state index in [1.807, 2.05) is 65.6 Å². The average molecular weight is 415 g/mol. The third-order valence-corrected chi connectivity index (χ3v) is 4.80. The fraction of sp³-hybridized carbons (Fsp3) is 0.174. The first-order valence-electron chi connectivity index (χ1n) is 9.17. The van der Waals surface area contributed by atoms with Crippen LogP contribution in [0.2, 0.25) is 0 Å². The number of benzene rings is 3. The predicted molar refractivity (Wildman–Crippen MR) is 107 cm³/mol. The van der Waals surface area contributed by atoms with Crippen molar-refractivity contribution in [2.45, 2.75) is 24.9 Å². The van der Waals surface area contributed by atoms with Crippen molar-refractivity contribution in [2.24, 2.45) is 0 Å². The van der Waals surface area contributed by atoms with E-state index in [4.69, 9.17) is 5.11 Å². The van der Waals surface area contributed by atoms with Crippen LogP contribution in [-0.2, 0) is 23.5 Å². The first-order chi connectivity index (χ1) is 14.2. The molecule has 0 aliphatic heterocycles. The van der Waals surface area contributed by atoms with Gasteiger partial charge in [0.05, 0.1) is 0 Å². The maximum atomic E-state index is 13.2. The topological polar surface area (TPSA) is 60.8 Å². The number of rotatable bonds is 7. The Bertz CT molecular complexity index is 935. The molecule has 0 aliphatic rings. The number of aliphatic carboxylic acids is 1. The highest BCUT2D eigenvalue weighted by molar-refractivity contribution is 5.80. The van der Waals surface area contributed by atoms with Crippen molar-refractivity contribution in [3.05, 3.63) is 102 Å². The fourth-order valence-electron chi connectivity index (χ4n) is 3.17. The number of anilines is 1. The lowest BCUT2D eigenvalue weighted by Crippen LogP contribution is -2.49. The van der Waals surface area contributed by atoms with Crippen LogP contribution in [0.15, 0.2) is 84.9 Å². The molecule has 0 spiro atoms. The summed E-state index contributed by atoms with van der Waals surface area (Å²) < 4.78 is 39.7. The lowest BCUT2D eigenvalue weighted by atomic mass is 9.93. The Hall–Kier alpha value is -3.32. The van der Waals surface area contributed by atoms with Crippen LogP contribution in [0.3, 0.4) is 0 Å². The van der Waals surface area contributed by atoms with Crippen molar-refractivity contribution in [1.29, 1.82) is 0 Å². The van der Waals surface area contributed by atoms with Crippen LogP contribution in [0.1, 0.15) is 16.7 Å². The van der Waals surface area contributed by atoms with Gasteiger partial charge in [-0.3, -0.25) is 0 Å². The van der Waals surface area contributed by atoms with E-state index in [-0.39, 0.29) is 0 Å². The molecule has 0 saturated heterocycles. The van der Waals surface area contributed by atoms with E-state index in [2.05, 4.69) is 0 Å². The number of hydrogen-bond donors (Lipinski definition) is 2. The molecule has 0 heterocycles. The molecule has 3 aromatic carbocycles. The number of nitrogens with zero attached hydrogens (tertiary/aromatic N) is 1. The minimum atomic E-state index is -5.35. The molecule has 4 nitrogen and oxygen atoms in total. The average Bonchev–Trinajstić information content (AvgIpc) is 2.73. The quantitative estimate of drug-likeness (QED) is 0.586. The third kappa shape index (κ3) is 4.46. The predicted octanol–water partition coefficient (Wildman–Crippen LogP) is 4.73. The second-order valence-corrected chi connectivity index (χ2v) is 6.89. The highest BCUT2D eigenvalue weighted by atomic mass is 19.4. The van der Waals surface area contributed by atoms with Gasteiger partial charge in [-0.15, -0.1) is 0 Å². The molecule has 7 heteroatoms. The number of carboxylic acid groups (broad SMARTS) is 1. The third-order valence-electron chi connectivity index (χ3n) is 4.80. The van der Waals surface area contributed by atoms with Crippen molar-refractivity contribution in [1.82, 2.24) is 0 Å². The summed E-state index contributed by atoms with van der Waals surface area (Å²) in [6, 6.07) is 23.9. The second kappa shape index (κ2) is 8.59. The van der Waals surface area contributed by atoms with E-state index in [0.29, 0.717) is 18.8 Å². The van der Waals surface area contributed by atoms with E-state index >= 15 is 0 Å². The van der Waals surface area contributed by atoms with Crippen LogP contribution in [0.4, 0.5) is 18.9 Å². The molecule has 1 atom stereocenters. The summed E-state index contributed by atoms with van der Waals surface area (Å²) in [5.41, 5.74) is -2.09. The number of alkyl halides is 3. The number of halogens is 3. The summed E-state index contributed by atoms with van der Waals surface area (Å²) in [6.45, 7) is 0.995. The smallest absolute Gasteiger partial charge is 0.432 e. The standard InChI is InChI=1S/C23H20F3NO3/c24-23(25,26)22(30,21(28)29)19-11-13-20(14-12-19)27(15-17-7-3-1-4-8-17)16-18-9-5-2-6-10-18/h1-14,30H,15-16H2,(H,28,29)/t22-/m0/s1. The SMILES string of the molecule is O=C(O)[C@@](O)(c1ccc(N(Cc2ccccc2)Cc2ccccc2)cc1)C(F)(F)F. The number of carboxylic acids is 1. The van der Waals surface area contributed by atoms with Gasteiger partial charge in [0.2, 0.25) is 0 Å². The monoisotopic (exact) mass is 415 g/mol. The van der Waals surface area contributed by atoms with Crippen molar-refractivity contribution in [3.8, 4) is 0 Å². The van der Waals surface area contributed by atoms with Crippen molar-refractivity contribution < 1.29 is 28.2 Å². The zero-order valence-electron chi connectivity index (χ0n) is 15.9. The van der Waals surface area contributed by atoms with Gasteiger partial charge in [-0.05, 0) is 23.3 Å². The van der Waals surface area contributed by atoms with Crippen LogP contribution >= 0.6 is 0 Å². The molecule has 30 heavy (non-hydrogen) atoms. The minimum absolute atomic E-state index is 0.498. The maximum Gasteiger partial charge on any atom is 0.432 e. The lowest BCUT2D eigenvalue weighted by molar-refractivity contribution is -0.265. The highest BCUT2D eigenvalue weighted by Crippen LogP contribution is 2.39. The van der Waals surface area contributed by atoms with E-state index in [0.717, 1.165) is 23.3 Å². The molecule has 0 unspecified atom stereocenters. The van der Waals surface area contributed by atoms with E-state index in [9.17, 15) is 23.1 Å². The van der Waals surface area contributed by atoms with Gasteiger partial charge in [0.15, 0.2) is 0 Å². The van der Waals surface area contributed by atoms with Crippen LogP contribution < -0.4 is 4.90 Å². The van der Waals surface area contributed by atoms with E-state index in [1.165, 1.54) is 12.1 Å². The summed E-state index contributed by atoms with van der Waals surface area (Å²) in [7, 11) is 0. The van der Waals surface area contributed by atoms with E-state index in [1.54, 1.807) is 0 Å². The Kier molecular flexibility index (Phi) is 6.12. The van der Waals surface area contributed by atoms with Crippen LogP contribution in [0.25, 0.3) is 0 Å². The largest absolute Gasteiger partial charge is 0.479 e. The number of carbonyl (C=O) groups is 1. The summed E-state index contributed by atoms with van der Waals surface area (Å²) >= 11 is 0. The molecule has 2 N–H and O–H groups in total. The van der Waals surface area contributed by atoms with Crippen molar-refractivity contribution in [2.75, 3.05) is 4.90 Å². The Morgan fingerprint density at radius 1 is 0.767 bits per heavy atom. The molecule has 0 bridgehead atoms. The van der Waals surface area contributed by atoms with Crippen molar-refractivity contribution in [3.63, 3.8) is 0 Å². The Morgan fingerprint density at radius 2 is 1.20 bits per heavy atom. The molecule has 0 fully saturated rings. The summed E-state index contributed by atoms with van der Waals surface area (Å²) in [5.74, 6) is -2.37. The second-order valence-electron chi connectivity index (χ2n) is 6.89. The first kappa shape index (κ1) is 21.4. The maximum absolute atomic E-state index is 13.2. The Labute approximate surface area is 171 Å². The minimum Gasteiger partial charge on any atom is -0.479 e. The molecule has 0 saturated carbocycles. The zero-order chi connectivity index (χ0) is 21.8. The highest BCUT2D eigenvalue weighted by Gasteiger charge is 2.61. The normalized spacial score (nSPS) is 13.5. The van der Waals surface area contributed by atoms with E-state index < -0.39 is 23.3 Å². The van der Waals surface area contributed by atoms with Gasteiger partial charge in [-0.25, -0.2) is 4.79 Å². The van der Waals surface area contributed by atoms with Gasteiger partial charge in [-0.2, -0.15) is 13.2 Å². The summed E-state index contributed by atoms with van der Waals surface area (Å²) in [6.07, 6.45) is -5.35. The Balaban J connectivity index is 1.94. The van der Waals surface area contributed by atoms with Crippen LogP contribution in [-0.4, -0.2) is 22.4 Å². The Morgan fingerprint density at radius 3 is 1.57 bits per heavy atom. The number of aliphatic hydroxyl groups is 1. The molecule has 156 valence electrons. The molecule has 3 aromatic rings. The van der Waals surface area contributed by atoms with Crippen LogP contribution in [0.5, 0.6) is 0 Å². The molecule has 0 amide bonds. The fourth-order valence-corrected chi connectivity index (χ4v) is 3.17. The summed E-state index contributed by atoms with van der Waals surface area (Å²) in [4.78, 5) is 13.1. The van der Waals surface area contributed by atoms with Crippen molar-refractivity contribution >= 4 is 11.7 Å². The molecular weight excluding hydrogens is 395 g/mol. The first-order valence-corrected chi connectivity index (χ1v) is 9.17. The van der Waals surface area contributed by atoms with Gasteiger partial charge < -0.3 is 15.1 Å². The molecular formula is C23H20F3NO3. The molecule has 0 aromatic heterocycles. The van der Waals surface area contributed by atoms with Gasteiger partial charge in [0.25, 0.3) is 5.60 Å².